The molecular formula is C20H35Cl2N3O2. The van der Waals surface area contributed by atoms with E-state index >= 15 is 0 Å². The van der Waals surface area contributed by atoms with Crippen molar-refractivity contribution in [3.63, 3.8) is 0 Å². The summed E-state index contributed by atoms with van der Waals surface area (Å²) in [6.07, 6.45) is 3.66. The predicted octanol–water partition coefficient (Wildman–Crippen LogP) is 3.39. The van der Waals surface area contributed by atoms with Gasteiger partial charge in [-0.25, -0.2) is 0 Å². The Bertz CT molecular complexity index is 533. The Morgan fingerprint density at radius 1 is 1.22 bits per heavy atom. The second-order valence-electron chi connectivity index (χ2n) is 7.20. The number of benzene rings is 1. The number of nitrogens with one attached hydrogen (secondary N) is 1. The Morgan fingerprint density at radius 2 is 1.81 bits per heavy atom. The molecule has 0 aromatic heterocycles. The summed E-state index contributed by atoms with van der Waals surface area (Å²) in [5, 5.41) is 3.04. The maximum atomic E-state index is 12.4. The SMILES string of the molecule is CCCCC(CN)NC(=O)c1ccc(CN2CC(C)OC(C)C2)cc1.Cl.Cl. The highest BCUT2D eigenvalue weighted by molar-refractivity contribution is 5.94. The van der Waals surface area contributed by atoms with E-state index in [1.165, 1.54) is 5.56 Å². The molecule has 1 amide bonds. The summed E-state index contributed by atoms with van der Waals surface area (Å²) >= 11 is 0. The summed E-state index contributed by atoms with van der Waals surface area (Å²) in [4.78, 5) is 14.8. The molecule has 0 saturated carbocycles. The van der Waals surface area contributed by atoms with Crippen LogP contribution in [0.4, 0.5) is 0 Å². The van der Waals surface area contributed by atoms with Crippen molar-refractivity contribution < 1.29 is 9.53 Å². The molecule has 0 bridgehead atoms. The first-order valence-electron chi connectivity index (χ1n) is 9.49. The molecule has 27 heavy (non-hydrogen) atoms. The lowest BCUT2D eigenvalue weighted by Gasteiger charge is -2.35. The van der Waals surface area contributed by atoms with Crippen molar-refractivity contribution in [2.75, 3.05) is 19.6 Å². The molecule has 1 heterocycles. The van der Waals surface area contributed by atoms with E-state index in [4.69, 9.17) is 10.5 Å². The number of unbranched alkanes of at least 4 members (excludes halogenated alkanes) is 1. The van der Waals surface area contributed by atoms with Gasteiger partial charge in [-0.3, -0.25) is 9.69 Å². The van der Waals surface area contributed by atoms with E-state index in [2.05, 4.69) is 31.0 Å². The number of carbonyl (C=O) groups is 1. The molecule has 1 fully saturated rings. The average Bonchev–Trinajstić information content (AvgIpc) is 2.58. The van der Waals surface area contributed by atoms with Gasteiger partial charge in [0.25, 0.3) is 5.91 Å². The fraction of sp³-hybridized carbons (Fsp3) is 0.650. The molecule has 3 unspecified atom stereocenters. The number of nitrogens with two attached hydrogens (primary N) is 1. The molecular weight excluding hydrogens is 385 g/mol. The van der Waals surface area contributed by atoms with E-state index in [-0.39, 0.29) is 49.0 Å². The van der Waals surface area contributed by atoms with E-state index in [0.717, 1.165) is 38.9 Å². The Hall–Kier alpha value is -0.850. The molecule has 1 aromatic rings. The van der Waals surface area contributed by atoms with Crippen LogP contribution in [0.3, 0.4) is 0 Å². The van der Waals surface area contributed by atoms with Crippen LogP contribution in [0, 0.1) is 0 Å². The number of hydrogen-bond donors (Lipinski definition) is 2. The van der Waals surface area contributed by atoms with Crippen LogP contribution >= 0.6 is 24.8 Å². The van der Waals surface area contributed by atoms with E-state index in [9.17, 15) is 4.79 Å². The van der Waals surface area contributed by atoms with Crippen LogP contribution in [-0.4, -0.2) is 48.7 Å². The third-order valence-electron chi connectivity index (χ3n) is 4.64. The van der Waals surface area contributed by atoms with Crippen molar-refractivity contribution in [1.82, 2.24) is 10.2 Å². The first kappa shape index (κ1) is 26.1. The van der Waals surface area contributed by atoms with Crippen LogP contribution in [0.1, 0.15) is 56.0 Å². The van der Waals surface area contributed by atoms with Gasteiger partial charge >= 0.3 is 0 Å². The van der Waals surface area contributed by atoms with Crippen LogP contribution in [0.15, 0.2) is 24.3 Å². The maximum Gasteiger partial charge on any atom is 0.251 e. The first-order chi connectivity index (χ1) is 12.0. The van der Waals surface area contributed by atoms with Gasteiger partial charge in [-0.1, -0.05) is 31.9 Å². The number of nitrogens with zero attached hydrogens (tertiary/aromatic N) is 1. The third-order valence-corrected chi connectivity index (χ3v) is 4.64. The Kier molecular flexibility index (Phi) is 12.9. The Morgan fingerprint density at radius 3 is 2.33 bits per heavy atom. The zero-order valence-corrected chi connectivity index (χ0v) is 18.3. The highest BCUT2D eigenvalue weighted by Gasteiger charge is 2.22. The number of halogens is 2. The lowest BCUT2D eigenvalue weighted by Crippen LogP contribution is -2.44. The van der Waals surface area contributed by atoms with Crippen LogP contribution in [0.5, 0.6) is 0 Å². The van der Waals surface area contributed by atoms with Crippen LogP contribution in [0.25, 0.3) is 0 Å². The fourth-order valence-electron chi connectivity index (χ4n) is 3.40. The van der Waals surface area contributed by atoms with Gasteiger partial charge in [-0.05, 0) is 38.0 Å². The Labute approximate surface area is 176 Å². The lowest BCUT2D eigenvalue weighted by atomic mass is 10.1. The standard InChI is InChI=1S/C20H33N3O2.2ClH/c1-4-5-6-19(11-21)22-20(24)18-9-7-17(8-10-18)14-23-12-15(2)25-16(3)13-23;;/h7-10,15-16,19H,4-6,11-14,21H2,1-3H3,(H,22,24);2*1H. The number of ether oxygens (including phenoxy) is 1. The van der Waals surface area contributed by atoms with Gasteiger partial charge in [0.05, 0.1) is 12.2 Å². The minimum atomic E-state index is -0.0354. The van der Waals surface area contributed by atoms with Crippen LogP contribution in [-0.2, 0) is 11.3 Å². The minimum Gasteiger partial charge on any atom is -0.373 e. The predicted molar refractivity (Wildman–Crippen MR) is 116 cm³/mol. The second kappa shape index (κ2) is 13.3. The second-order valence-corrected chi connectivity index (χ2v) is 7.20. The van der Waals surface area contributed by atoms with E-state index < -0.39 is 0 Å². The van der Waals surface area contributed by atoms with Crippen molar-refractivity contribution in [3.05, 3.63) is 35.4 Å². The minimum absolute atomic E-state index is 0. The van der Waals surface area contributed by atoms with Gasteiger partial charge in [0.1, 0.15) is 0 Å². The molecule has 0 radical (unpaired) electrons. The Balaban J connectivity index is 0.00000338. The van der Waals surface area contributed by atoms with Crippen LogP contribution < -0.4 is 11.1 Å². The van der Waals surface area contributed by atoms with Gasteiger partial charge in [-0.2, -0.15) is 0 Å². The first-order valence-corrected chi connectivity index (χ1v) is 9.49. The summed E-state index contributed by atoms with van der Waals surface area (Å²) in [7, 11) is 0. The summed E-state index contributed by atoms with van der Waals surface area (Å²) in [5.74, 6) is -0.0354. The molecule has 0 aliphatic carbocycles. The van der Waals surface area contributed by atoms with Gasteiger partial charge in [-0.15, -0.1) is 24.8 Å². The van der Waals surface area contributed by atoms with E-state index in [0.29, 0.717) is 12.1 Å². The molecule has 2 rings (SSSR count). The van der Waals surface area contributed by atoms with Gasteiger partial charge in [0.2, 0.25) is 0 Å². The van der Waals surface area contributed by atoms with E-state index in [1.807, 2.05) is 24.3 Å². The van der Waals surface area contributed by atoms with Crippen molar-refractivity contribution >= 4 is 30.7 Å². The summed E-state index contributed by atoms with van der Waals surface area (Å²) in [6.45, 7) is 9.64. The maximum absolute atomic E-state index is 12.4. The molecule has 3 N–H and O–H groups in total. The number of hydrogen-bond acceptors (Lipinski definition) is 4. The average molecular weight is 420 g/mol. The molecule has 1 aliphatic heterocycles. The smallest absolute Gasteiger partial charge is 0.251 e. The molecule has 5 nitrogen and oxygen atoms in total. The summed E-state index contributed by atoms with van der Waals surface area (Å²) in [6, 6.07) is 7.96. The topological polar surface area (TPSA) is 67.6 Å². The fourth-order valence-corrected chi connectivity index (χ4v) is 3.40. The molecule has 7 heteroatoms. The lowest BCUT2D eigenvalue weighted by molar-refractivity contribution is -0.0704. The van der Waals surface area contributed by atoms with Crippen molar-refractivity contribution in [3.8, 4) is 0 Å². The normalized spacial score (nSPS) is 20.9. The number of carbonyl (C=O) groups excluding carboxylic acids is 1. The largest absolute Gasteiger partial charge is 0.373 e. The molecule has 0 spiro atoms. The third kappa shape index (κ3) is 8.79. The van der Waals surface area contributed by atoms with Crippen molar-refractivity contribution in [2.45, 2.75) is 64.8 Å². The zero-order chi connectivity index (χ0) is 18.2. The number of amides is 1. The van der Waals surface area contributed by atoms with E-state index in [1.54, 1.807) is 0 Å². The summed E-state index contributed by atoms with van der Waals surface area (Å²) in [5.41, 5.74) is 7.68. The van der Waals surface area contributed by atoms with Gasteiger partial charge in [0, 0.05) is 37.8 Å². The molecule has 1 saturated heterocycles. The monoisotopic (exact) mass is 419 g/mol. The molecule has 1 aromatic carbocycles. The van der Waals surface area contributed by atoms with Crippen molar-refractivity contribution in [2.24, 2.45) is 5.73 Å². The van der Waals surface area contributed by atoms with Gasteiger partial charge < -0.3 is 15.8 Å². The quantitative estimate of drug-likeness (QED) is 0.677. The highest BCUT2D eigenvalue weighted by atomic mass is 35.5. The van der Waals surface area contributed by atoms with Crippen molar-refractivity contribution in [1.29, 1.82) is 0 Å². The zero-order valence-electron chi connectivity index (χ0n) is 16.6. The summed E-state index contributed by atoms with van der Waals surface area (Å²) < 4.78 is 5.78. The number of morpholine rings is 1. The molecule has 3 atom stereocenters. The van der Waals surface area contributed by atoms with Crippen LogP contribution in [0.2, 0.25) is 0 Å². The van der Waals surface area contributed by atoms with Gasteiger partial charge in [0.15, 0.2) is 0 Å². The molecule has 1 aliphatic rings. The molecule has 156 valence electrons. The number of rotatable bonds is 8. The highest BCUT2D eigenvalue weighted by Crippen LogP contribution is 2.15.